The molecular formula is C13H16N2S. The summed E-state index contributed by atoms with van der Waals surface area (Å²) >= 11 is 1.72. The van der Waals surface area contributed by atoms with Crippen LogP contribution in [0.15, 0.2) is 51.8 Å². The highest BCUT2D eigenvalue weighted by molar-refractivity contribution is 7.98. The van der Waals surface area contributed by atoms with Gasteiger partial charge in [0.1, 0.15) is 0 Å². The molecule has 2 nitrogen and oxygen atoms in total. The normalized spacial score (nSPS) is 12.7. The number of hydrogen-bond donors (Lipinski definition) is 0. The lowest BCUT2D eigenvalue weighted by atomic mass is 10.2. The lowest BCUT2D eigenvalue weighted by Crippen LogP contribution is -2.00. The molecule has 0 unspecified atom stereocenters. The SMILES string of the molecule is C=CC(C)=NC(=NC)c1ccc(SC)cc1. The van der Waals surface area contributed by atoms with Gasteiger partial charge in [0.05, 0.1) is 0 Å². The van der Waals surface area contributed by atoms with E-state index in [9.17, 15) is 0 Å². The fourth-order valence-electron chi connectivity index (χ4n) is 1.20. The first-order valence-corrected chi connectivity index (χ1v) is 6.22. The van der Waals surface area contributed by atoms with Crippen molar-refractivity contribution < 1.29 is 0 Å². The van der Waals surface area contributed by atoms with Gasteiger partial charge in [0, 0.05) is 23.2 Å². The fraction of sp³-hybridized carbons (Fsp3) is 0.231. The van der Waals surface area contributed by atoms with Crippen LogP contribution in [0.3, 0.4) is 0 Å². The van der Waals surface area contributed by atoms with Crippen LogP contribution < -0.4 is 0 Å². The average Bonchev–Trinajstić information content (AvgIpc) is 2.35. The van der Waals surface area contributed by atoms with E-state index in [0.717, 1.165) is 17.1 Å². The topological polar surface area (TPSA) is 24.7 Å². The highest BCUT2D eigenvalue weighted by atomic mass is 32.2. The molecule has 0 saturated heterocycles. The molecule has 0 atom stereocenters. The fourth-order valence-corrected chi connectivity index (χ4v) is 1.60. The molecule has 0 aliphatic heterocycles. The van der Waals surface area contributed by atoms with E-state index in [4.69, 9.17) is 0 Å². The Kier molecular flexibility index (Phi) is 4.99. The van der Waals surface area contributed by atoms with Crippen LogP contribution in [0.1, 0.15) is 12.5 Å². The summed E-state index contributed by atoms with van der Waals surface area (Å²) in [6.45, 7) is 5.59. The summed E-state index contributed by atoms with van der Waals surface area (Å²) in [5, 5.41) is 0. The molecule has 0 fully saturated rings. The van der Waals surface area contributed by atoms with Crippen molar-refractivity contribution in [3.8, 4) is 0 Å². The van der Waals surface area contributed by atoms with Crippen molar-refractivity contribution in [1.82, 2.24) is 0 Å². The molecule has 0 saturated carbocycles. The summed E-state index contributed by atoms with van der Waals surface area (Å²) in [6, 6.07) is 8.22. The van der Waals surface area contributed by atoms with Gasteiger partial charge < -0.3 is 0 Å². The summed E-state index contributed by atoms with van der Waals surface area (Å²) < 4.78 is 0. The molecule has 0 spiro atoms. The highest BCUT2D eigenvalue weighted by Crippen LogP contribution is 2.15. The first kappa shape index (κ1) is 12.7. The number of thioether (sulfide) groups is 1. The predicted molar refractivity (Wildman–Crippen MR) is 74.0 cm³/mol. The van der Waals surface area contributed by atoms with Crippen LogP contribution in [0.2, 0.25) is 0 Å². The maximum absolute atomic E-state index is 4.38. The third kappa shape index (κ3) is 3.35. The van der Waals surface area contributed by atoms with Gasteiger partial charge in [0.25, 0.3) is 0 Å². The molecule has 1 rings (SSSR count). The molecule has 16 heavy (non-hydrogen) atoms. The second-order valence-corrected chi connectivity index (χ2v) is 4.11. The number of benzene rings is 1. The van der Waals surface area contributed by atoms with Gasteiger partial charge in [0.2, 0.25) is 0 Å². The zero-order valence-electron chi connectivity index (χ0n) is 9.90. The molecule has 1 aromatic carbocycles. The highest BCUT2D eigenvalue weighted by Gasteiger charge is 2.00. The Balaban J connectivity index is 3.01. The molecule has 0 bridgehead atoms. The number of aliphatic imine (C=N–C) groups is 2. The van der Waals surface area contributed by atoms with Crippen molar-refractivity contribution in [3.05, 3.63) is 42.5 Å². The van der Waals surface area contributed by atoms with Gasteiger partial charge in [-0.25, -0.2) is 4.99 Å². The third-order valence-corrected chi connectivity index (χ3v) is 2.88. The van der Waals surface area contributed by atoms with E-state index >= 15 is 0 Å². The Morgan fingerprint density at radius 1 is 1.31 bits per heavy atom. The summed E-state index contributed by atoms with van der Waals surface area (Å²) in [5.41, 5.74) is 1.90. The molecule has 1 aromatic rings. The van der Waals surface area contributed by atoms with Crippen molar-refractivity contribution in [3.63, 3.8) is 0 Å². The van der Waals surface area contributed by atoms with Gasteiger partial charge in [-0.1, -0.05) is 18.7 Å². The average molecular weight is 232 g/mol. The van der Waals surface area contributed by atoms with E-state index in [1.54, 1.807) is 24.9 Å². The van der Waals surface area contributed by atoms with Gasteiger partial charge in [-0.2, -0.15) is 0 Å². The van der Waals surface area contributed by atoms with Crippen molar-refractivity contribution >= 4 is 23.3 Å². The first-order chi connectivity index (χ1) is 7.71. The van der Waals surface area contributed by atoms with Crippen LogP contribution in [-0.2, 0) is 0 Å². The summed E-state index contributed by atoms with van der Waals surface area (Å²) in [6.07, 6.45) is 3.78. The second kappa shape index (κ2) is 6.28. The monoisotopic (exact) mass is 232 g/mol. The summed E-state index contributed by atoms with van der Waals surface area (Å²) in [7, 11) is 1.75. The summed E-state index contributed by atoms with van der Waals surface area (Å²) in [5.74, 6) is 0.741. The lowest BCUT2D eigenvalue weighted by Gasteiger charge is -2.02. The van der Waals surface area contributed by atoms with Gasteiger partial charge in [-0.3, -0.25) is 4.99 Å². The lowest BCUT2D eigenvalue weighted by molar-refractivity contribution is 1.36. The minimum absolute atomic E-state index is 0.741. The van der Waals surface area contributed by atoms with Gasteiger partial charge >= 0.3 is 0 Å². The minimum atomic E-state index is 0.741. The molecule has 0 amide bonds. The Hall–Kier alpha value is -1.35. The van der Waals surface area contributed by atoms with E-state index in [0.29, 0.717) is 0 Å². The second-order valence-electron chi connectivity index (χ2n) is 3.23. The van der Waals surface area contributed by atoms with E-state index in [1.807, 2.05) is 19.1 Å². The van der Waals surface area contributed by atoms with Crippen LogP contribution in [0.25, 0.3) is 0 Å². The van der Waals surface area contributed by atoms with Crippen molar-refractivity contribution in [2.75, 3.05) is 13.3 Å². The Labute approximate surface area is 101 Å². The number of hydrogen-bond acceptors (Lipinski definition) is 2. The van der Waals surface area contributed by atoms with Crippen LogP contribution in [-0.4, -0.2) is 24.9 Å². The maximum Gasteiger partial charge on any atom is 0.154 e. The predicted octanol–water partition coefficient (Wildman–Crippen LogP) is 3.43. The van der Waals surface area contributed by atoms with Crippen LogP contribution in [0.4, 0.5) is 0 Å². The molecule has 0 radical (unpaired) electrons. The summed E-state index contributed by atoms with van der Waals surface area (Å²) in [4.78, 5) is 9.80. The van der Waals surface area contributed by atoms with Crippen LogP contribution >= 0.6 is 11.8 Å². The van der Waals surface area contributed by atoms with E-state index < -0.39 is 0 Å². The molecule has 3 heteroatoms. The molecule has 0 aliphatic carbocycles. The van der Waals surface area contributed by atoms with Crippen LogP contribution in [0.5, 0.6) is 0 Å². The zero-order valence-corrected chi connectivity index (χ0v) is 10.7. The largest absolute Gasteiger partial charge is 0.270 e. The first-order valence-electron chi connectivity index (χ1n) is 5.00. The van der Waals surface area contributed by atoms with Gasteiger partial charge in [0.15, 0.2) is 5.84 Å². The Bertz CT molecular complexity index is 416. The molecule has 0 aromatic heterocycles. The van der Waals surface area contributed by atoms with E-state index in [1.165, 1.54) is 4.90 Å². The molecule has 0 aliphatic rings. The maximum atomic E-state index is 4.38. The number of amidine groups is 1. The Morgan fingerprint density at radius 3 is 2.38 bits per heavy atom. The zero-order chi connectivity index (χ0) is 12.0. The Morgan fingerprint density at radius 2 is 1.94 bits per heavy atom. The number of allylic oxidation sites excluding steroid dienone is 1. The molecular weight excluding hydrogens is 216 g/mol. The van der Waals surface area contributed by atoms with Crippen molar-refractivity contribution in [2.24, 2.45) is 9.98 Å². The minimum Gasteiger partial charge on any atom is -0.270 e. The van der Waals surface area contributed by atoms with Crippen LogP contribution in [0, 0.1) is 0 Å². The standard InChI is InChI=1S/C13H16N2S/c1-5-10(2)15-13(14-3)11-6-8-12(16-4)9-7-11/h5-9H,1H2,2-4H3. The molecule has 0 N–H and O–H groups in total. The van der Waals surface area contributed by atoms with Crippen molar-refractivity contribution in [1.29, 1.82) is 0 Å². The molecule has 84 valence electrons. The third-order valence-electron chi connectivity index (χ3n) is 2.14. The van der Waals surface area contributed by atoms with Gasteiger partial charge in [-0.05, 0) is 31.4 Å². The van der Waals surface area contributed by atoms with Crippen molar-refractivity contribution in [2.45, 2.75) is 11.8 Å². The smallest absolute Gasteiger partial charge is 0.154 e. The quantitative estimate of drug-likeness (QED) is 0.445. The van der Waals surface area contributed by atoms with E-state index in [-0.39, 0.29) is 0 Å². The number of nitrogens with zero attached hydrogens (tertiary/aromatic N) is 2. The van der Waals surface area contributed by atoms with E-state index in [2.05, 4.69) is 35.0 Å². The van der Waals surface area contributed by atoms with Gasteiger partial charge in [-0.15, -0.1) is 11.8 Å². The number of rotatable bonds is 3. The molecule has 0 heterocycles.